The molecule has 1 atom stereocenters. The summed E-state index contributed by atoms with van der Waals surface area (Å²) in [5.41, 5.74) is -0.571. The number of carboxylic acids is 1. The standard InChI is InChI=1S/C22H28N4O7/c1-22(2,3)33-21(31)23-16(13-18(27)28)9-11-26-12-10-17(24-19(26)29)25-20(30)32-14-15-7-5-4-6-8-15/h4-8,10,12,16H,9,11,13-14H2,1-3H3,(H,23,31)(H,27,28)(H,24,25,29,30)/t16-/m1/s1. The lowest BCUT2D eigenvalue weighted by molar-refractivity contribution is -0.137. The van der Waals surface area contributed by atoms with Gasteiger partial charge in [0.1, 0.15) is 18.0 Å². The summed E-state index contributed by atoms with van der Waals surface area (Å²) in [4.78, 5) is 51.1. The van der Waals surface area contributed by atoms with E-state index in [0.29, 0.717) is 0 Å². The molecule has 178 valence electrons. The summed E-state index contributed by atoms with van der Waals surface area (Å²) in [5, 5.41) is 14.0. The largest absolute Gasteiger partial charge is 0.481 e. The number of anilines is 1. The Hall–Kier alpha value is -3.89. The van der Waals surface area contributed by atoms with E-state index in [0.717, 1.165) is 5.56 Å². The highest BCUT2D eigenvalue weighted by atomic mass is 16.6. The van der Waals surface area contributed by atoms with Gasteiger partial charge in [-0.05, 0) is 38.8 Å². The number of benzene rings is 1. The number of nitrogens with zero attached hydrogens (tertiary/aromatic N) is 2. The number of aromatic nitrogens is 2. The van der Waals surface area contributed by atoms with E-state index in [1.165, 1.54) is 16.8 Å². The molecule has 1 heterocycles. The van der Waals surface area contributed by atoms with Crippen molar-refractivity contribution < 1.29 is 29.0 Å². The van der Waals surface area contributed by atoms with Crippen LogP contribution in [0.15, 0.2) is 47.4 Å². The summed E-state index contributed by atoms with van der Waals surface area (Å²) in [7, 11) is 0. The molecular formula is C22H28N4O7. The smallest absolute Gasteiger partial charge is 0.413 e. The molecule has 2 rings (SSSR count). The number of ether oxygens (including phenoxy) is 2. The number of hydrogen-bond donors (Lipinski definition) is 3. The van der Waals surface area contributed by atoms with Crippen molar-refractivity contribution in [2.75, 3.05) is 5.32 Å². The summed E-state index contributed by atoms with van der Waals surface area (Å²) in [6.07, 6.45) is -0.278. The first kappa shape index (κ1) is 25.4. The lowest BCUT2D eigenvalue weighted by Gasteiger charge is -2.23. The number of hydrogen-bond acceptors (Lipinski definition) is 7. The van der Waals surface area contributed by atoms with Crippen LogP contribution in [0.5, 0.6) is 0 Å². The van der Waals surface area contributed by atoms with Crippen LogP contribution in [0.2, 0.25) is 0 Å². The fourth-order valence-electron chi connectivity index (χ4n) is 2.74. The molecule has 11 heteroatoms. The number of aliphatic carboxylic acids is 1. The molecule has 2 amide bonds. The molecule has 0 unspecified atom stereocenters. The van der Waals surface area contributed by atoms with E-state index < -0.39 is 35.5 Å². The highest BCUT2D eigenvalue weighted by molar-refractivity contribution is 5.83. The summed E-state index contributed by atoms with van der Waals surface area (Å²) in [6, 6.07) is 9.77. The molecule has 3 N–H and O–H groups in total. The fraction of sp³-hybridized carbons (Fsp3) is 0.409. The van der Waals surface area contributed by atoms with Crippen LogP contribution in [-0.4, -0.2) is 44.5 Å². The number of nitrogens with one attached hydrogen (secondary N) is 2. The molecule has 2 aromatic rings. The lowest BCUT2D eigenvalue weighted by atomic mass is 10.1. The Labute approximate surface area is 190 Å². The van der Waals surface area contributed by atoms with Gasteiger partial charge >= 0.3 is 23.8 Å². The number of alkyl carbamates (subject to hydrolysis) is 1. The number of carbonyl (C=O) groups is 3. The van der Waals surface area contributed by atoms with E-state index >= 15 is 0 Å². The van der Waals surface area contributed by atoms with Crippen molar-refractivity contribution in [1.82, 2.24) is 14.9 Å². The fourth-order valence-corrected chi connectivity index (χ4v) is 2.74. The van der Waals surface area contributed by atoms with Gasteiger partial charge in [-0.25, -0.2) is 14.4 Å². The van der Waals surface area contributed by atoms with Crippen LogP contribution < -0.4 is 16.3 Å². The van der Waals surface area contributed by atoms with Gasteiger partial charge in [0, 0.05) is 18.8 Å². The van der Waals surface area contributed by atoms with Gasteiger partial charge in [-0.2, -0.15) is 4.98 Å². The Morgan fingerprint density at radius 1 is 1.12 bits per heavy atom. The molecule has 0 bridgehead atoms. The van der Waals surface area contributed by atoms with Gasteiger partial charge in [0.05, 0.1) is 6.42 Å². The molecule has 1 aromatic heterocycles. The number of carboxylic acid groups (broad SMARTS) is 1. The average molecular weight is 460 g/mol. The van der Waals surface area contributed by atoms with Crippen molar-refractivity contribution in [2.24, 2.45) is 0 Å². The quantitative estimate of drug-likeness (QED) is 0.517. The van der Waals surface area contributed by atoms with Crippen LogP contribution in [0.1, 0.15) is 39.2 Å². The predicted octanol–water partition coefficient (Wildman–Crippen LogP) is 2.75. The molecule has 0 saturated heterocycles. The topological polar surface area (TPSA) is 149 Å². The van der Waals surface area contributed by atoms with Crippen molar-refractivity contribution in [3.8, 4) is 0 Å². The van der Waals surface area contributed by atoms with Crippen LogP contribution in [0.4, 0.5) is 15.4 Å². The molecular weight excluding hydrogens is 432 g/mol. The maximum atomic E-state index is 12.3. The van der Waals surface area contributed by atoms with Gasteiger partial charge < -0.3 is 19.9 Å². The van der Waals surface area contributed by atoms with E-state index in [4.69, 9.17) is 14.6 Å². The second-order valence-corrected chi connectivity index (χ2v) is 8.21. The Balaban J connectivity index is 1.91. The van der Waals surface area contributed by atoms with E-state index in [1.807, 2.05) is 30.3 Å². The normalized spacial score (nSPS) is 11.8. The Kier molecular flexibility index (Phi) is 8.96. The number of carbonyl (C=O) groups excluding carboxylic acids is 2. The predicted molar refractivity (Wildman–Crippen MR) is 119 cm³/mol. The van der Waals surface area contributed by atoms with E-state index in [2.05, 4.69) is 15.6 Å². The Bertz CT molecular complexity index is 1020. The van der Waals surface area contributed by atoms with E-state index in [-0.39, 0.29) is 31.8 Å². The molecule has 0 aliphatic heterocycles. The first-order valence-electron chi connectivity index (χ1n) is 10.3. The number of amides is 2. The maximum absolute atomic E-state index is 12.3. The van der Waals surface area contributed by atoms with Crippen molar-refractivity contribution in [3.05, 3.63) is 58.6 Å². The van der Waals surface area contributed by atoms with Crippen molar-refractivity contribution in [2.45, 2.75) is 58.4 Å². The van der Waals surface area contributed by atoms with Crippen molar-refractivity contribution in [1.29, 1.82) is 0 Å². The number of aryl methyl sites for hydroxylation is 1. The molecule has 11 nitrogen and oxygen atoms in total. The first-order valence-corrected chi connectivity index (χ1v) is 10.3. The molecule has 0 aliphatic carbocycles. The molecule has 33 heavy (non-hydrogen) atoms. The van der Waals surface area contributed by atoms with Gasteiger partial charge in [0.15, 0.2) is 0 Å². The SMILES string of the molecule is CC(C)(C)OC(=O)N[C@H](CCn1ccc(NC(=O)OCc2ccccc2)nc1=O)CC(=O)O. The average Bonchev–Trinajstić information content (AvgIpc) is 2.70. The second-order valence-electron chi connectivity index (χ2n) is 8.21. The van der Waals surface area contributed by atoms with Crippen LogP contribution in [-0.2, 0) is 27.4 Å². The molecule has 0 spiro atoms. The molecule has 0 fully saturated rings. The zero-order valence-corrected chi connectivity index (χ0v) is 18.7. The summed E-state index contributed by atoms with van der Waals surface area (Å²) in [5.74, 6) is -1.08. The summed E-state index contributed by atoms with van der Waals surface area (Å²) < 4.78 is 11.5. The van der Waals surface area contributed by atoms with Crippen LogP contribution in [0, 0.1) is 0 Å². The van der Waals surface area contributed by atoms with Gasteiger partial charge in [0.2, 0.25) is 0 Å². The summed E-state index contributed by atoms with van der Waals surface area (Å²) >= 11 is 0. The third-order valence-corrected chi connectivity index (χ3v) is 4.18. The van der Waals surface area contributed by atoms with Crippen LogP contribution in [0.3, 0.4) is 0 Å². The second kappa shape index (κ2) is 11.7. The third kappa shape index (κ3) is 9.85. The highest BCUT2D eigenvalue weighted by Crippen LogP contribution is 2.09. The highest BCUT2D eigenvalue weighted by Gasteiger charge is 2.21. The Morgan fingerprint density at radius 2 is 1.82 bits per heavy atom. The van der Waals surface area contributed by atoms with Crippen molar-refractivity contribution in [3.63, 3.8) is 0 Å². The molecule has 1 aromatic carbocycles. The van der Waals surface area contributed by atoms with E-state index in [9.17, 15) is 19.2 Å². The van der Waals surface area contributed by atoms with E-state index in [1.54, 1.807) is 20.8 Å². The van der Waals surface area contributed by atoms with Crippen molar-refractivity contribution >= 4 is 24.0 Å². The van der Waals surface area contributed by atoms with Gasteiger partial charge in [-0.15, -0.1) is 0 Å². The molecule has 0 radical (unpaired) electrons. The van der Waals surface area contributed by atoms with Gasteiger partial charge in [-0.1, -0.05) is 30.3 Å². The minimum atomic E-state index is -1.10. The third-order valence-electron chi connectivity index (χ3n) is 4.18. The summed E-state index contributed by atoms with van der Waals surface area (Å²) in [6.45, 7) is 5.24. The minimum Gasteiger partial charge on any atom is -0.481 e. The zero-order valence-electron chi connectivity index (χ0n) is 18.7. The maximum Gasteiger partial charge on any atom is 0.413 e. The molecule has 0 aliphatic rings. The van der Waals surface area contributed by atoms with Gasteiger partial charge in [0.25, 0.3) is 0 Å². The monoisotopic (exact) mass is 460 g/mol. The Morgan fingerprint density at radius 3 is 2.42 bits per heavy atom. The number of rotatable bonds is 9. The zero-order chi connectivity index (χ0) is 24.4. The van der Waals surface area contributed by atoms with Crippen LogP contribution in [0.25, 0.3) is 0 Å². The first-order chi connectivity index (χ1) is 15.5. The van der Waals surface area contributed by atoms with Gasteiger partial charge in [-0.3, -0.25) is 14.7 Å². The minimum absolute atomic E-state index is 0.0169. The lowest BCUT2D eigenvalue weighted by Crippen LogP contribution is -2.41. The molecule has 0 saturated carbocycles. The van der Waals surface area contributed by atoms with Crippen LogP contribution >= 0.6 is 0 Å².